The highest BCUT2D eigenvalue weighted by Crippen LogP contribution is 2.22. The minimum atomic E-state index is -0.562. The smallest absolute Gasteiger partial charge is 0.270 e. The summed E-state index contributed by atoms with van der Waals surface area (Å²) in [6, 6.07) is 3.79. The zero-order valence-electron chi connectivity index (χ0n) is 10.9. The van der Waals surface area contributed by atoms with Crippen molar-refractivity contribution in [2.45, 2.75) is 37.8 Å². The third-order valence-electron chi connectivity index (χ3n) is 3.52. The number of anilines is 1. The van der Waals surface area contributed by atoms with Gasteiger partial charge in [0.2, 0.25) is 0 Å². The van der Waals surface area contributed by atoms with Gasteiger partial charge in [0.25, 0.3) is 11.6 Å². The number of nitrogens with zero attached hydrogens (tertiary/aromatic N) is 1. The van der Waals surface area contributed by atoms with Crippen molar-refractivity contribution < 1.29 is 14.8 Å². The average molecular weight is 279 g/mol. The van der Waals surface area contributed by atoms with Gasteiger partial charge in [-0.3, -0.25) is 14.9 Å². The number of carbonyl (C=O) groups excluding carboxylic acids is 1. The van der Waals surface area contributed by atoms with E-state index in [1.54, 1.807) is 0 Å². The number of non-ortho nitro benzene ring substituents is 1. The maximum Gasteiger partial charge on any atom is 0.270 e. The number of amides is 1. The van der Waals surface area contributed by atoms with E-state index in [0.717, 1.165) is 0 Å². The summed E-state index contributed by atoms with van der Waals surface area (Å²) in [5, 5.41) is 22.9. The van der Waals surface area contributed by atoms with Gasteiger partial charge >= 0.3 is 0 Å². The Bertz CT molecular complexity index is 524. The minimum Gasteiger partial charge on any atom is -0.398 e. The molecular weight excluding hydrogens is 262 g/mol. The summed E-state index contributed by atoms with van der Waals surface area (Å²) in [7, 11) is 0. The predicted octanol–water partition coefficient (Wildman–Crippen LogP) is 1.21. The maximum absolute atomic E-state index is 12.1. The third kappa shape index (κ3) is 3.24. The Balaban J connectivity index is 2.08. The van der Waals surface area contributed by atoms with Crippen LogP contribution in [0.25, 0.3) is 0 Å². The summed E-state index contributed by atoms with van der Waals surface area (Å²) in [6.07, 6.45) is 2.39. The summed E-state index contributed by atoms with van der Waals surface area (Å²) in [5.41, 5.74) is 5.86. The van der Waals surface area contributed by atoms with Crippen molar-refractivity contribution in [1.29, 1.82) is 0 Å². The predicted molar refractivity (Wildman–Crippen MR) is 73.2 cm³/mol. The lowest BCUT2D eigenvalue weighted by molar-refractivity contribution is -0.384. The van der Waals surface area contributed by atoms with Gasteiger partial charge in [0.1, 0.15) is 0 Å². The van der Waals surface area contributed by atoms with Crippen LogP contribution < -0.4 is 11.1 Å². The lowest BCUT2D eigenvalue weighted by Crippen LogP contribution is -2.38. The van der Waals surface area contributed by atoms with E-state index in [9.17, 15) is 20.0 Å². The molecule has 0 radical (unpaired) electrons. The number of hydrogen-bond donors (Lipinski definition) is 3. The number of benzene rings is 1. The fraction of sp³-hybridized carbons (Fsp3) is 0.462. The normalized spacial score (nSPS) is 22.2. The topological polar surface area (TPSA) is 118 Å². The number of rotatable bonds is 3. The molecule has 1 aliphatic carbocycles. The molecule has 7 heteroatoms. The van der Waals surface area contributed by atoms with E-state index in [0.29, 0.717) is 25.7 Å². The van der Waals surface area contributed by atoms with E-state index in [1.807, 2.05) is 0 Å². The Hall–Kier alpha value is -2.15. The Labute approximate surface area is 115 Å². The second-order valence-electron chi connectivity index (χ2n) is 5.01. The number of carbonyl (C=O) groups is 1. The third-order valence-corrected chi connectivity index (χ3v) is 3.52. The molecular formula is C13H17N3O4. The zero-order chi connectivity index (χ0) is 14.7. The van der Waals surface area contributed by atoms with Crippen molar-refractivity contribution in [2.24, 2.45) is 0 Å². The van der Waals surface area contributed by atoms with Gasteiger partial charge in [-0.2, -0.15) is 0 Å². The van der Waals surface area contributed by atoms with Crippen molar-refractivity contribution in [2.75, 3.05) is 5.73 Å². The number of aliphatic hydroxyl groups excluding tert-OH is 1. The molecule has 1 fully saturated rings. The van der Waals surface area contributed by atoms with Crippen molar-refractivity contribution >= 4 is 17.3 Å². The molecule has 20 heavy (non-hydrogen) atoms. The summed E-state index contributed by atoms with van der Waals surface area (Å²) in [6.45, 7) is 0. The molecule has 1 saturated carbocycles. The molecule has 0 unspecified atom stereocenters. The molecule has 108 valence electrons. The minimum absolute atomic E-state index is 0.0236. The standard InChI is InChI=1S/C13H17N3O4/c14-12-6-3-9(16(19)20)7-11(12)13(18)15-8-1-4-10(17)5-2-8/h3,6-8,10,17H,1-2,4-5,14H2,(H,15,18). The van der Waals surface area contributed by atoms with Gasteiger partial charge in [-0.25, -0.2) is 0 Å². The first-order valence-corrected chi connectivity index (χ1v) is 6.50. The highest BCUT2D eigenvalue weighted by molar-refractivity contribution is 5.99. The lowest BCUT2D eigenvalue weighted by Gasteiger charge is -2.26. The zero-order valence-corrected chi connectivity index (χ0v) is 10.9. The largest absolute Gasteiger partial charge is 0.398 e. The summed E-state index contributed by atoms with van der Waals surface area (Å²) >= 11 is 0. The molecule has 1 amide bonds. The van der Waals surface area contributed by atoms with E-state index in [-0.39, 0.29) is 29.1 Å². The van der Waals surface area contributed by atoms with Gasteiger partial charge in [-0.15, -0.1) is 0 Å². The first-order chi connectivity index (χ1) is 9.47. The molecule has 2 rings (SSSR count). The lowest BCUT2D eigenvalue weighted by atomic mass is 9.93. The number of aliphatic hydroxyl groups is 1. The fourth-order valence-electron chi connectivity index (χ4n) is 2.34. The molecule has 0 aromatic heterocycles. The monoisotopic (exact) mass is 279 g/mol. The van der Waals surface area contributed by atoms with Crippen molar-refractivity contribution in [3.8, 4) is 0 Å². The quantitative estimate of drug-likeness (QED) is 0.436. The van der Waals surface area contributed by atoms with Crippen molar-refractivity contribution in [1.82, 2.24) is 5.32 Å². The molecule has 0 aliphatic heterocycles. The van der Waals surface area contributed by atoms with Crippen LogP contribution in [0.3, 0.4) is 0 Å². The van der Waals surface area contributed by atoms with Crippen LogP contribution in [-0.4, -0.2) is 28.1 Å². The number of nitrogen functional groups attached to an aromatic ring is 1. The summed E-state index contributed by atoms with van der Waals surface area (Å²) < 4.78 is 0. The number of hydrogen-bond acceptors (Lipinski definition) is 5. The Morgan fingerprint density at radius 1 is 1.35 bits per heavy atom. The Morgan fingerprint density at radius 3 is 2.60 bits per heavy atom. The molecule has 0 spiro atoms. The van der Waals surface area contributed by atoms with Crippen LogP contribution in [-0.2, 0) is 0 Å². The van der Waals surface area contributed by atoms with Crippen LogP contribution in [0.4, 0.5) is 11.4 Å². The van der Waals surface area contributed by atoms with Gasteiger partial charge < -0.3 is 16.2 Å². The first-order valence-electron chi connectivity index (χ1n) is 6.50. The van der Waals surface area contributed by atoms with Crippen molar-refractivity contribution in [3.63, 3.8) is 0 Å². The van der Waals surface area contributed by atoms with E-state index in [4.69, 9.17) is 5.73 Å². The SMILES string of the molecule is Nc1ccc([N+](=O)[O-])cc1C(=O)NC1CCC(O)CC1. The molecule has 7 nitrogen and oxygen atoms in total. The van der Waals surface area contributed by atoms with Gasteiger partial charge in [0.05, 0.1) is 16.6 Å². The number of nitrogens with two attached hydrogens (primary N) is 1. The number of nitrogens with one attached hydrogen (secondary N) is 1. The summed E-state index contributed by atoms with van der Waals surface area (Å²) in [5.74, 6) is -0.410. The van der Waals surface area contributed by atoms with Crippen LogP contribution >= 0.6 is 0 Å². The van der Waals surface area contributed by atoms with Gasteiger partial charge in [-0.05, 0) is 31.7 Å². The molecule has 0 saturated heterocycles. The van der Waals surface area contributed by atoms with Crippen LogP contribution in [0.1, 0.15) is 36.0 Å². The van der Waals surface area contributed by atoms with E-state index < -0.39 is 10.8 Å². The highest BCUT2D eigenvalue weighted by atomic mass is 16.6. The van der Waals surface area contributed by atoms with E-state index in [1.165, 1.54) is 18.2 Å². The molecule has 0 heterocycles. The number of nitro groups is 1. The molecule has 0 bridgehead atoms. The molecule has 1 aliphatic rings. The first kappa shape index (κ1) is 14.3. The molecule has 1 aromatic rings. The molecule has 0 atom stereocenters. The molecule has 4 N–H and O–H groups in total. The second-order valence-corrected chi connectivity index (χ2v) is 5.01. The van der Waals surface area contributed by atoms with Crippen LogP contribution in [0.2, 0.25) is 0 Å². The van der Waals surface area contributed by atoms with Gasteiger partial charge in [0, 0.05) is 23.9 Å². The Morgan fingerprint density at radius 2 is 2.00 bits per heavy atom. The highest BCUT2D eigenvalue weighted by Gasteiger charge is 2.23. The maximum atomic E-state index is 12.1. The van der Waals surface area contributed by atoms with E-state index >= 15 is 0 Å². The fourth-order valence-corrected chi connectivity index (χ4v) is 2.34. The van der Waals surface area contributed by atoms with Crippen LogP contribution in [0.15, 0.2) is 18.2 Å². The van der Waals surface area contributed by atoms with Crippen LogP contribution in [0, 0.1) is 10.1 Å². The molecule has 1 aromatic carbocycles. The second kappa shape index (κ2) is 5.87. The van der Waals surface area contributed by atoms with Crippen molar-refractivity contribution in [3.05, 3.63) is 33.9 Å². The van der Waals surface area contributed by atoms with Gasteiger partial charge in [0.15, 0.2) is 0 Å². The Kier molecular flexibility index (Phi) is 4.19. The van der Waals surface area contributed by atoms with Gasteiger partial charge in [-0.1, -0.05) is 0 Å². The summed E-state index contributed by atoms with van der Waals surface area (Å²) in [4.78, 5) is 22.3. The van der Waals surface area contributed by atoms with Crippen LogP contribution in [0.5, 0.6) is 0 Å². The van der Waals surface area contributed by atoms with E-state index in [2.05, 4.69) is 5.32 Å². The average Bonchev–Trinajstić information content (AvgIpc) is 2.41. The number of nitro benzene ring substituents is 1.